The smallest absolute Gasteiger partial charge is 0.0701 e. The van der Waals surface area contributed by atoms with Crippen LogP contribution in [0, 0.1) is 5.41 Å². The Labute approximate surface area is 110 Å². The van der Waals surface area contributed by atoms with Gasteiger partial charge in [-0.1, -0.05) is 0 Å². The first-order valence-electron chi connectivity index (χ1n) is 7.23. The lowest BCUT2D eigenvalue weighted by molar-refractivity contribution is -0.0462. The van der Waals surface area contributed by atoms with Gasteiger partial charge in [0.15, 0.2) is 0 Å². The second kappa shape index (κ2) is 6.85. The molecular weight excluding hydrogens is 230 g/mol. The predicted molar refractivity (Wildman–Crippen MR) is 70.7 cm³/mol. The van der Waals surface area contributed by atoms with Crippen molar-refractivity contribution in [1.82, 2.24) is 4.90 Å². The number of ether oxygens (including phenoxy) is 2. The van der Waals surface area contributed by atoms with Crippen LogP contribution in [0.2, 0.25) is 0 Å². The Hall–Kier alpha value is -0.160. The minimum absolute atomic E-state index is 0.0433. The first-order chi connectivity index (χ1) is 8.74. The van der Waals surface area contributed by atoms with Crippen molar-refractivity contribution in [1.29, 1.82) is 0 Å². The largest absolute Gasteiger partial charge is 0.396 e. The third-order valence-electron chi connectivity index (χ3n) is 4.28. The van der Waals surface area contributed by atoms with E-state index in [0.717, 1.165) is 45.8 Å². The molecule has 2 aliphatic rings. The summed E-state index contributed by atoms with van der Waals surface area (Å²) in [6.45, 7) is 4.70. The summed E-state index contributed by atoms with van der Waals surface area (Å²) in [4.78, 5) is 2.33. The van der Waals surface area contributed by atoms with Crippen LogP contribution in [0.15, 0.2) is 0 Å². The van der Waals surface area contributed by atoms with Crippen LogP contribution in [0.25, 0.3) is 0 Å². The summed E-state index contributed by atoms with van der Waals surface area (Å²) in [7, 11) is 2.14. The van der Waals surface area contributed by atoms with Gasteiger partial charge in [-0.25, -0.2) is 0 Å². The number of rotatable bonds is 5. The fraction of sp³-hybridized carbons (Fsp3) is 1.00. The van der Waals surface area contributed by atoms with E-state index in [0.29, 0.717) is 6.10 Å². The molecule has 0 saturated carbocycles. The molecule has 18 heavy (non-hydrogen) atoms. The predicted octanol–water partition coefficient (Wildman–Crippen LogP) is 1.28. The van der Waals surface area contributed by atoms with E-state index in [1.54, 1.807) is 0 Å². The van der Waals surface area contributed by atoms with Gasteiger partial charge in [-0.2, -0.15) is 0 Å². The molecule has 0 radical (unpaired) electrons. The molecule has 1 unspecified atom stereocenters. The molecule has 0 amide bonds. The van der Waals surface area contributed by atoms with Gasteiger partial charge in [0.25, 0.3) is 0 Å². The average Bonchev–Trinajstić information content (AvgIpc) is 2.41. The van der Waals surface area contributed by atoms with Gasteiger partial charge in [-0.15, -0.1) is 0 Å². The molecule has 4 nitrogen and oxygen atoms in total. The molecule has 2 saturated heterocycles. The Morgan fingerprint density at radius 2 is 2.00 bits per heavy atom. The van der Waals surface area contributed by atoms with Crippen LogP contribution in [0.4, 0.5) is 0 Å². The zero-order chi connectivity index (χ0) is 12.8. The first kappa shape index (κ1) is 14.3. The van der Waals surface area contributed by atoms with Gasteiger partial charge in [-0.3, -0.25) is 0 Å². The van der Waals surface area contributed by atoms with Crippen molar-refractivity contribution in [2.75, 3.05) is 46.6 Å². The highest BCUT2D eigenvalue weighted by atomic mass is 16.5. The van der Waals surface area contributed by atoms with Gasteiger partial charge in [-0.05, 0) is 39.2 Å². The van der Waals surface area contributed by atoms with Crippen LogP contribution < -0.4 is 0 Å². The third-order valence-corrected chi connectivity index (χ3v) is 4.28. The van der Waals surface area contributed by atoms with Crippen LogP contribution in [-0.2, 0) is 9.47 Å². The summed E-state index contributed by atoms with van der Waals surface area (Å²) in [6.07, 6.45) is 6.01. The molecule has 0 spiro atoms. The van der Waals surface area contributed by atoms with Gasteiger partial charge >= 0.3 is 0 Å². The topological polar surface area (TPSA) is 41.9 Å². The fourth-order valence-electron chi connectivity index (χ4n) is 3.11. The van der Waals surface area contributed by atoms with E-state index in [2.05, 4.69) is 11.9 Å². The maximum Gasteiger partial charge on any atom is 0.0701 e. The van der Waals surface area contributed by atoms with Crippen molar-refractivity contribution in [2.45, 2.75) is 38.2 Å². The molecule has 2 rings (SSSR count). The van der Waals surface area contributed by atoms with E-state index >= 15 is 0 Å². The summed E-state index contributed by atoms with van der Waals surface area (Å²) >= 11 is 0. The van der Waals surface area contributed by atoms with Crippen LogP contribution in [-0.4, -0.2) is 62.7 Å². The van der Waals surface area contributed by atoms with Crippen molar-refractivity contribution in [2.24, 2.45) is 5.41 Å². The van der Waals surface area contributed by atoms with Crippen LogP contribution in [0.3, 0.4) is 0 Å². The summed E-state index contributed by atoms with van der Waals surface area (Å²) in [5.41, 5.74) is 0.0433. The van der Waals surface area contributed by atoms with Gasteiger partial charge in [0.05, 0.1) is 12.7 Å². The molecule has 2 aliphatic heterocycles. The molecule has 106 valence electrons. The minimum atomic E-state index is 0.0433. The van der Waals surface area contributed by atoms with Gasteiger partial charge < -0.3 is 19.5 Å². The monoisotopic (exact) mass is 257 g/mol. The Morgan fingerprint density at radius 1 is 1.22 bits per heavy atom. The number of hydrogen-bond acceptors (Lipinski definition) is 4. The molecule has 1 atom stereocenters. The highest BCUT2D eigenvalue weighted by Gasteiger charge is 2.33. The van der Waals surface area contributed by atoms with E-state index in [9.17, 15) is 5.11 Å². The molecule has 4 heteroatoms. The molecule has 0 aliphatic carbocycles. The fourth-order valence-corrected chi connectivity index (χ4v) is 3.11. The lowest BCUT2D eigenvalue weighted by Crippen LogP contribution is -2.45. The van der Waals surface area contributed by atoms with Crippen LogP contribution in [0.5, 0.6) is 0 Å². The van der Waals surface area contributed by atoms with Crippen molar-refractivity contribution in [3.8, 4) is 0 Å². The standard InChI is InChI=1S/C14H27NO3/c1-15(10-13-4-2-3-7-18-13)11-14(12-16)5-8-17-9-6-14/h13,16H,2-12H2,1H3. The molecule has 2 fully saturated rings. The van der Waals surface area contributed by atoms with Gasteiger partial charge in [0.2, 0.25) is 0 Å². The highest BCUT2D eigenvalue weighted by Crippen LogP contribution is 2.31. The Kier molecular flexibility index (Phi) is 5.42. The van der Waals surface area contributed by atoms with E-state index in [1.165, 1.54) is 19.3 Å². The van der Waals surface area contributed by atoms with Gasteiger partial charge in [0, 0.05) is 38.3 Å². The molecule has 0 aromatic rings. The minimum Gasteiger partial charge on any atom is -0.396 e. The van der Waals surface area contributed by atoms with Gasteiger partial charge in [0.1, 0.15) is 0 Å². The summed E-state index contributed by atoms with van der Waals surface area (Å²) in [5, 5.41) is 9.68. The Balaban J connectivity index is 1.78. The zero-order valence-corrected chi connectivity index (χ0v) is 11.6. The first-order valence-corrected chi connectivity index (χ1v) is 7.23. The maximum absolute atomic E-state index is 9.68. The van der Waals surface area contributed by atoms with E-state index in [4.69, 9.17) is 9.47 Å². The number of aliphatic hydroxyl groups is 1. The summed E-state index contributed by atoms with van der Waals surface area (Å²) in [5.74, 6) is 0. The quantitative estimate of drug-likeness (QED) is 0.805. The average molecular weight is 257 g/mol. The van der Waals surface area contributed by atoms with E-state index < -0.39 is 0 Å². The number of aliphatic hydroxyl groups excluding tert-OH is 1. The maximum atomic E-state index is 9.68. The molecule has 0 aromatic carbocycles. The normalized spacial score (nSPS) is 28.5. The Bertz CT molecular complexity index is 235. The lowest BCUT2D eigenvalue weighted by atomic mass is 9.80. The molecule has 0 bridgehead atoms. The second-order valence-electron chi connectivity index (χ2n) is 5.96. The van der Waals surface area contributed by atoms with Crippen molar-refractivity contribution in [3.05, 3.63) is 0 Å². The zero-order valence-electron chi connectivity index (χ0n) is 11.6. The van der Waals surface area contributed by atoms with E-state index in [1.807, 2.05) is 0 Å². The molecule has 1 N–H and O–H groups in total. The molecule has 0 aromatic heterocycles. The van der Waals surface area contributed by atoms with Crippen molar-refractivity contribution in [3.63, 3.8) is 0 Å². The Morgan fingerprint density at radius 3 is 2.61 bits per heavy atom. The second-order valence-corrected chi connectivity index (χ2v) is 5.96. The van der Waals surface area contributed by atoms with Crippen LogP contribution >= 0.6 is 0 Å². The lowest BCUT2D eigenvalue weighted by Gasteiger charge is -2.39. The van der Waals surface area contributed by atoms with Crippen molar-refractivity contribution >= 4 is 0 Å². The van der Waals surface area contributed by atoms with Crippen LogP contribution in [0.1, 0.15) is 32.1 Å². The number of nitrogens with zero attached hydrogens (tertiary/aromatic N) is 1. The number of likely N-dealkylation sites (N-methyl/N-ethyl adjacent to an activating group) is 1. The molecular formula is C14H27NO3. The third kappa shape index (κ3) is 3.92. The van der Waals surface area contributed by atoms with Crippen molar-refractivity contribution < 1.29 is 14.6 Å². The summed E-state index contributed by atoms with van der Waals surface area (Å²) < 4.78 is 11.2. The SMILES string of the molecule is CN(CC1CCCCO1)CC1(CO)CCOCC1. The highest BCUT2D eigenvalue weighted by molar-refractivity contribution is 4.84. The summed E-state index contributed by atoms with van der Waals surface area (Å²) in [6, 6.07) is 0. The van der Waals surface area contributed by atoms with E-state index in [-0.39, 0.29) is 12.0 Å². The molecule has 2 heterocycles. The number of hydrogen-bond donors (Lipinski definition) is 1.